The van der Waals surface area contributed by atoms with Gasteiger partial charge in [0.1, 0.15) is 4.70 Å². The molecule has 0 aliphatic heterocycles. The Morgan fingerprint density at radius 1 is 1.67 bits per heavy atom. The molecule has 2 heterocycles. The number of nitrogens with zero attached hydrogens (tertiary/aromatic N) is 1. The van der Waals surface area contributed by atoms with Crippen LogP contribution in [0.4, 0.5) is 5.95 Å². The fourth-order valence-electron chi connectivity index (χ4n) is 0.992. The van der Waals surface area contributed by atoms with Crippen LogP contribution in [0.15, 0.2) is 16.2 Å². The Labute approximate surface area is 72.3 Å². The maximum atomic E-state index is 11.3. The van der Waals surface area contributed by atoms with E-state index in [2.05, 4.69) is 15.3 Å². The van der Waals surface area contributed by atoms with Crippen LogP contribution in [0, 0.1) is 0 Å². The van der Waals surface area contributed by atoms with Gasteiger partial charge in [0.25, 0.3) is 5.56 Å². The maximum Gasteiger partial charge on any atom is 0.270 e. The zero-order valence-corrected chi connectivity index (χ0v) is 7.23. The maximum absolute atomic E-state index is 11.3. The third-order valence-corrected chi connectivity index (χ3v) is 2.45. The van der Waals surface area contributed by atoms with Crippen molar-refractivity contribution in [1.29, 1.82) is 0 Å². The van der Waals surface area contributed by atoms with Crippen molar-refractivity contribution in [2.45, 2.75) is 0 Å². The van der Waals surface area contributed by atoms with Crippen molar-refractivity contribution in [1.82, 2.24) is 9.97 Å². The van der Waals surface area contributed by atoms with Gasteiger partial charge in [-0.25, -0.2) is 4.98 Å². The van der Waals surface area contributed by atoms with E-state index in [0.29, 0.717) is 10.6 Å². The third kappa shape index (κ3) is 0.984. The summed E-state index contributed by atoms with van der Waals surface area (Å²) in [6.07, 6.45) is 0. The molecule has 0 amide bonds. The van der Waals surface area contributed by atoms with Crippen molar-refractivity contribution in [3.63, 3.8) is 0 Å². The summed E-state index contributed by atoms with van der Waals surface area (Å²) >= 11 is 1.40. The van der Waals surface area contributed by atoms with Crippen LogP contribution in [0.2, 0.25) is 0 Å². The van der Waals surface area contributed by atoms with Crippen molar-refractivity contribution in [2.75, 3.05) is 12.4 Å². The normalized spacial score (nSPS) is 10.4. The predicted octanol–water partition coefficient (Wildman–Crippen LogP) is 1.03. The van der Waals surface area contributed by atoms with Crippen molar-refractivity contribution in [2.24, 2.45) is 0 Å². The number of anilines is 1. The summed E-state index contributed by atoms with van der Waals surface area (Å²) in [4.78, 5) is 18.1. The first kappa shape index (κ1) is 7.30. The molecule has 0 aromatic carbocycles. The first-order valence-corrected chi connectivity index (χ1v) is 4.34. The van der Waals surface area contributed by atoms with Gasteiger partial charge in [-0.15, -0.1) is 11.3 Å². The number of aromatic nitrogens is 2. The van der Waals surface area contributed by atoms with Crippen LogP contribution in [-0.4, -0.2) is 17.0 Å². The molecule has 0 saturated carbocycles. The molecule has 2 aromatic heterocycles. The lowest BCUT2D eigenvalue weighted by molar-refractivity contribution is 1.16. The molecule has 12 heavy (non-hydrogen) atoms. The van der Waals surface area contributed by atoms with E-state index in [1.807, 2.05) is 11.4 Å². The second-order valence-electron chi connectivity index (χ2n) is 2.30. The van der Waals surface area contributed by atoms with E-state index in [-0.39, 0.29) is 5.56 Å². The fraction of sp³-hybridized carbons (Fsp3) is 0.143. The van der Waals surface area contributed by atoms with Gasteiger partial charge in [0.15, 0.2) is 0 Å². The number of hydrogen-bond acceptors (Lipinski definition) is 4. The van der Waals surface area contributed by atoms with Crippen LogP contribution >= 0.6 is 11.3 Å². The quantitative estimate of drug-likeness (QED) is 0.690. The Morgan fingerprint density at radius 2 is 2.50 bits per heavy atom. The molecule has 2 N–H and O–H groups in total. The highest BCUT2D eigenvalue weighted by atomic mass is 32.1. The van der Waals surface area contributed by atoms with Gasteiger partial charge < -0.3 is 5.32 Å². The Balaban J connectivity index is 2.84. The van der Waals surface area contributed by atoms with Crippen molar-refractivity contribution < 1.29 is 0 Å². The highest BCUT2D eigenvalue weighted by molar-refractivity contribution is 7.17. The van der Waals surface area contributed by atoms with E-state index >= 15 is 0 Å². The summed E-state index contributed by atoms with van der Waals surface area (Å²) in [6.45, 7) is 0. The zero-order valence-electron chi connectivity index (χ0n) is 6.42. The molecule has 5 heteroatoms. The second kappa shape index (κ2) is 2.60. The number of aromatic amines is 1. The van der Waals surface area contributed by atoms with Gasteiger partial charge in [0.05, 0.1) is 5.52 Å². The van der Waals surface area contributed by atoms with E-state index in [1.54, 1.807) is 7.05 Å². The lowest BCUT2D eigenvalue weighted by atomic mass is 10.5. The molecule has 0 radical (unpaired) electrons. The fourth-order valence-corrected chi connectivity index (χ4v) is 1.72. The zero-order chi connectivity index (χ0) is 8.55. The molecule has 0 atom stereocenters. The molecule has 4 nitrogen and oxygen atoms in total. The van der Waals surface area contributed by atoms with Gasteiger partial charge in [0, 0.05) is 7.05 Å². The molecule has 0 unspecified atom stereocenters. The summed E-state index contributed by atoms with van der Waals surface area (Å²) in [5.74, 6) is 0.505. The summed E-state index contributed by atoms with van der Waals surface area (Å²) < 4.78 is 0.675. The van der Waals surface area contributed by atoms with Crippen molar-refractivity contribution in [3.05, 3.63) is 21.8 Å². The first-order chi connectivity index (χ1) is 5.81. The lowest BCUT2D eigenvalue weighted by Crippen LogP contribution is -2.09. The molecule has 62 valence electrons. The summed E-state index contributed by atoms with van der Waals surface area (Å²) in [7, 11) is 1.72. The molecule has 0 saturated heterocycles. The molecule has 0 aliphatic carbocycles. The summed E-state index contributed by atoms with van der Waals surface area (Å²) in [5, 5.41) is 4.64. The topological polar surface area (TPSA) is 57.8 Å². The molecule has 0 fully saturated rings. The number of hydrogen-bond donors (Lipinski definition) is 2. The monoisotopic (exact) mass is 181 g/mol. The number of nitrogens with one attached hydrogen (secondary N) is 2. The molecular weight excluding hydrogens is 174 g/mol. The van der Waals surface area contributed by atoms with Crippen LogP contribution in [0.25, 0.3) is 10.2 Å². The van der Waals surface area contributed by atoms with E-state index < -0.39 is 0 Å². The highest BCUT2D eigenvalue weighted by Gasteiger charge is 2.02. The average molecular weight is 181 g/mol. The number of H-pyrrole nitrogens is 1. The van der Waals surface area contributed by atoms with E-state index in [4.69, 9.17) is 0 Å². The minimum Gasteiger partial charge on any atom is -0.359 e. The van der Waals surface area contributed by atoms with E-state index in [9.17, 15) is 4.79 Å². The highest BCUT2D eigenvalue weighted by Crippen LogP contribution is 2.14. The Morgan fingerprint density at radius 3 is 3.25 bits per heavy atom. The van der Waals surface area contributed by atoms with Gasteiger partial charge in [-0.05, 0) is 11.4 Å². The molecule has 2 rings (SSSR count). The molecule has 0 aliphatic rings. The molecule has 0 bridgehead atoms. The van der Waals surface area contributed by atoms with Crippen molar-refractivity contribution in [3.8, 4) is 0 Å². The molecular formula is C7H7N3OS. The largest absolute Gasteiger partial charge is 0.359 e. The third-order valence-electron chi connectivity index (χ3n) is 1.55. The van der Waals surface area contributed by atoms with Gasteiger partial charge in [-0.1, -0.05) is 0 Å². The minimum absolute atomic E-state index is 0.0839. The lowest BCUT2D eigenvalue weighted by Gasteiger charge is -1.96. The second-order valence-corrected chi connectivity index (χ2v) is 3.22. The van der Waals surface area contributed by atoms with Crippen LogP contribution in [-0.2, 0) is 0 Å². The Kier molecular flexibility index (Phi) is 1.58. The smallest absolute Gasteiger partial charge is 0.270 e. The predicted molar refractivity (Wildman–Crippen MR) is 49.8 cm³/mol. The molecule has 0 spiro atoms. The van der Waals surface area contributed by atoms with Gasteiger partial charge in [-0.2, -0.15) is 0 Å². The van der Waals surface area contributed by atoms with Crippen LogP contribution in [0.5, 0.6) is 0 Å². The number of rotatable bonds is 1. The van der Waals surface area contributed by atoms with Crippen molar-refractivity contribution >= 4 is 27.5 Å². The minimum atomic E-state index is -0.0839. The van der Waals surface area contributed by atoms with Gasteiger partial charge in [0.2, 0.25) is 5.95 Å². The first-order valence-electron chi connectivity index (χ1n) is 3.46. The summed E-state index contributed by atoms with van der Waals surface area (Å²) in [5.41, 5.74) is 0.660. The van der Waals surface area contributed by atoms with E-state index in [1.165, 1.54) is 11.3 Å². The van der Waals surface area contributed by atoms with Gasteiger partial charge in [-0.3, -0.25) is 9.78 Å². The van der Waals surface area contributed by atoms with E-state index in [0.717, 1.165) is 5.52 Å². The van der Waals surface area contributed by atoms with Crippen LogP contribution in [0.1, 0.15) is 0 Å². The van der Waals surface area contributed by atoms with Crippen LogP contribution < -0.4 is 10.9 Å². The summed E-state index contributed by atoms with van der Waals surface area (Å²) in [6, 6.07) is 1.83. The Hall–Kier alpha value is -1.36. The Bertz CT molecular complexity index is 459. The number of fused-ring (bicyclic) bond motifs is 1. The standard InChI is InChI=1S/C7H7N3OS/c1-8-7-9-4-2-3-12-5(4)6(11)10-7/h2-3H,1H3,(H2,8,9,10,11). The molecule has 2 aromatic rings. The average Bonchev–Trinajstić information content (AvgIpc) is 2.52. The van der Waals surface area contributed by atoms with Gasteiger partial charge >= 0.3 is 0 Å². The SMILES string of the molecule is CNc1nc2ccsc2c(=O)[nH]1. The van der Waals surface area contributed by atoms with Crippen LogP contribution in [0.3, 0.4) is 0 Å². The number of thiophene rings is 1.